The molecule has 0 aliphatic carbocycles. The number of hydrogen-bond donors (Lipinski definition) is 0. The SMILES string of the molecule is CCOC(=O)c1cc2n(n1)CC(CCN=[N+]=[N-])O2. The molecule has 96 valence electrons. The van der Waals surface area contributed by atoms with E-state index in [1.165, 1.54) is 0 Å². The molecule has 0 aromatic carbocycles. The third kappa shape index (κ3) is 2.54. The number of hydrogen-bond acceptors (Lipinski definition) is 5. The number of rotatable bonds is 5. The molecule has 0 bridgehead atoms. The van der Waals surface area contributed by atoms with Crippen molar-refractivity contribution in [2.24, 2.45) is 5.11 Å². The second-order valence-corrected chi connectivity index (χ2v) is 3.75. The van der Waals surface area contributed by atoms with E-state index in [-0.39, 0.29) is 11.8 Å². The zero-order valence-electron chi connectivity index (χ0n) is 9.94. The van der Waals surface area contributed by atoms with Crippen molar-refractivity contribution in [2.75, 3.05) is 13.2 Å². The van der Waals surface area contributed by atoms with E-state index in [9.17, 15) is 4.79 Å². The Morgan fingerprint density at radius 2 is 2.67 bits per heavy atom. The van der Waals surface area contributed by atoms with Crippen LogP contribution in [0.2, 0.25) is 0 Å². The number of azide groups is 1. The topological polar surface area (TPSA) is 102 Å². The van der Waals surface area contributed by atoms with Gasteiger partial charge in [0.05, 0.1) is 13.2 Å². The molecule has 0 saturated heterocycles. The van der Waals surface area contributed by atoms with E-state index < -0.39 is 5.97 Å². The first-order valence-corrected chi connectivity index (χ1v) is 5.67. The molecular weight excluding hydrogens is 238 g/mol. The maximum Gasteiger partial charge on any atom is 0.358 e. The summed E-state index contributed by atoms with van der Waals surface area (Å²) in [5.41, 5.74) is 8.42. The van der Waals surface area contributed by atoms with Crippen molar-refractivity contribution in [3.63, 3.8) is 0 Å². The molecule has 2 rings (SSSR count). The molecule has 8 heteroatoms. The van der Waals surface area contributed by atoms with Crippen molar-refractivity contribution in [2.45, 2.75) is 26.0 Å². The van der Waals surface area contributed by atoms with Gasteiger partial charge < -0.3 is 9.47 Å². The third-order valence-corrected chi connectivity index (χ3v) is 2.51. The molecule has 2 heterocycles. The number of aromatic nitrogens is 2. The Kier molecular flexibility index (Phi) is 3.69. The molecule has 1 aliphatic heterocycles. The number of carbonyl (C=O) groups is 1. The predicted molar refractivity (Wildman–Crippen MR) is 61.2 cm³/mol. The fourth-order valence-corrected chi connectivity index (χ4v) is 1.73. The van der Waals surface area contributed by atoms with Crippen LogP contribution >= 0.6 is 0 Å². The van der Waals surface area contributed by atoms with Crippen LogP contribution in [0.15, 0.2) is 11.2 Å². The summed E-state index contributed by atoms with van der Waals surface area (Å²) in [6.45, 7) is 2.99. The fraction of sp³-hybridized carbons (Fsp3) is 0.600. The lowest BCUT2D eigenvalue weighted by Gasteiger charge is -2.06. The van der Waals surface area contributed by atoms with Crippen LogP contribution in [0.3, 0.4) is 0 Å². The second-order valence-electron chi connectivity index (χ2n) is 3.75. The number of ether oxygens (including phenoxy) is 2. The van der Waals surface area contributed by atoms with Crippen molar-refractivity contribution in [3.8, 4) is 5.88 Å². The maximum atomic E-state index is 11.4. The minimum Gasteiger partial charge on any atom is -0.473 e. The van der Waals surface area contributed by atoms with Gasteiger partial charge in [-0.1, -0.05) is 5.11 Å². The van der Waals surface area contributed by atoms with Gasteiger partial charge in [0, 0.05) is 17.5 Å². The molecule has 0 N–H and O–H groups in total. The van der Waals surface area contributed by atoms with Crippen molar-refractivity contribution < 1.29 is 14.3 Å². The average Bonchev–Trinajstić information content (AvgIpc) is 2.87. The normalized spacial score (nSPS) is 16.6. The standard InChI is InChI=1S/C10H13N5O3/c1-2-17-10(16)8-5-9-15(13-8)6-7(18-9)3-4-12-14-11/h5,7H,2-4,6H2,1H3. The van der Waals surface area contributed by atoms with Crippen LogP contribution in [-0.2, 0) is 11.3 Å². The number of carbonyl (C=O) groups excluding carboxylic acids is 1. The molecule has 0 saturated carbocycles. The highest BCUT2D eigenvalue weighted by molar-refractivity contribution is 5.87. The van der Waals surface area contributed by atoms with Crippen LogP contribution in [-0.4, -0.2) is 35.0 Å². The molecule has 0 fully saturated rings. The zero-order valence-corrected chi connectivity index (χ0v) is 9.94. The van der Waals surface area contributed by atoms with Crippen molar-refractivity contribution in [3.05, 3.63) is 22.2 Å². The van der Waals surface area contributed by atoms with Crippen LogP contribution in [0, 0.1) is 0 Å². The van der Waals surface area contributed by atoms with Crippen molar-refractivity contribution >= 4 is 5.97 Å². The maximum absolute atomic E-state index is 11.4. The Morgan fingerprint density at radius 1 is 1.83 bits per heavy atom. The smallest absolute Gasteiger partial charge is 0.358 e. The molecule has 0 radical (unpaired) electrons. The largest absolute Gasteiger partial charge is 0.473 e. The molecule has 8 nitrogen and oxygen atoms in total. The summed E-state index contributed by atoms with van der Waals surface area (Å²) < 4.78 is 12.0. The van der Waals surface area contributed by atoms with Gasteiger partial charge in [0.2, 0.25) is 5.88 Å². The lowest BCUT2D eigenvalue weighted by molar-refractivity contribution is 0.0517. The predicted octanol–water partition coefficient (Wildman–Crippen LogP) is 1.52. The Bertz CT molecular complexity index is 468. The number of nitrogens with zero attached hydrogens (tertiary/aromatic N) is 5. The van der Waals surface area contributed by atoms with E-state index in [1.54, 1.807) is 17.7 Å². The van der Waals surface area contributed by atoms with Gasteiger partial charge in [-0.05, 0) is 18.9 Å². The van der Waals surface area contributed by atoms with E-state index in [0.29, 0.717) is 32.0 Å². The summed E-state index contributed by atoms with van der Waals surface area (Å²) in [7, 11) is 0. The summed E-state index contributed by atoms with van der Waals surface area (Å²) in [5.74, 6) is 0.0950. The first-order valence-electron chi connectivity index (χ1n) is 5.67. The van der Waals surface area contributed by atoms with Crippen LogP contribution in [0.4, 0.5) is 0 Å². The molecule has 18 heavy (non-hydrogen) atoms. The fourth-order valence-electron chi connectivity index (χ4n) is 1.73. The summed E-state index contributed by atoms with van der Waals surface area (Å²) in [6, 6.07) is 1.56. The summed E-state index contributed by atoms with van der Waals surface area (Å²) in [6.07, 6.45) is 0.566. The molecule has 1 unspecified atom stereocenters. The Hall–Kier alpha value is -2.21. The number of fused-ring (bicyclic) bond motifs is 1. The van der Waals surface area contributed by atoms with Gasteiger partial charge in [0.25, 0.3) is 0 Å². The van der Waals surface area contributed by atoms with E-state index >= 15 is 0 Å². The van der Waals surface area contributed by atoms with Crippen LogP contribution < -0.4 is 4.74 Å². The van der Waals surface area contributed by atoms with E-state index in [4.69, 9.17) is 15.0 Å². The minimum atomic E-state index is -0.450. The number of esters is 1. The van der Waals surface area contributed by atoms with Gasteiger partial charge in [-0.25, -0.2) is 9.48 Å². The van der Waals surface area contributed by atoms with Gasteiger partial charge in [-0.3, -0.25) is 0 Å². The third-order valence-electron chi connectivity index (χ3n) is 2.51. The lowest BCUT2D eigenvalue weighted by atomic mass is 10.2. The summed E-state index contributed by atoms with van der Waals surface area (Å²) >= 11 is 0. The van der Waals surface area contributed by atoms with Gasteiger partial charge in [0.1, 0.15) is 6.10 Å². The van der Waals surface area contributed by atoms with Crippen molar-refractivity contribution in [1.29, 1.82) is 0 Å². The first-order chi connectivity index (χ1) is 8.74. The van der Waals surface area contributed by atoms with Crippen LogP contribution in [0.1, 0.15) is 23.8 Å². The molecular formula is C10H13N5O3. The first kappa shape index (κ1) is 12.3. The molecule has 0 spiro atoms. The van der Waals surface area contributed by atoms with E-state index in [0.717, 1.165) is 0 Å². The van der Waals surface area contributed by atoms with Crippen LogP contribution in [0.5, 0.6) is 5.88 Å². The quantitative estimate of drug-likeness (QED) is 0.342. The lowest BCUT2D eigenvalue weighted by Crippen LogP contribution is -2.17. The van der Waals surface area contributed by atoms with Crippen LogP contribution in [0.25, 0.3) is 10.4 Å². The average molecular weight is 251 g/mol. The van der Waals surface area contributed by atoms with E-state index in [2.05, 4.69) is 15.1 Å². The summed E-state index contributed by atoms with van der Waals surface area (Å²) in [5, 5.41) is 7.55. The zero-order chi connectivity index (χ0) is 13.0. The summed E-state index contributed by atoms with van der Waals surface area (Å²) in [4.78, 5) is 14.1. The van der Waals surface area contributed by atoms with E-state index in [1.807, 2.05) is 0 Å². The Balaban J connectivity index is 1.94. The molecule has 0 amide bonds. The monoisotopic (exact) mass is 251 g/mol. The molecule has 1 atom stereocenters. The van der Waals surface area contributed by atoms with Gasteiger partial charge in [-0.2, -0.15) is 5.10 Å². The highest BCUT2D eigenvalue weighted by Gasteiger charge is 2.26. The van der Waals surface area contributed by atoms with Gasteiger partial charge in [-0.15, -0.1) is 0 Å². The van der Waals surface area contributed by atoms with Gasteiger partial charge in [0.15, 0.2) is 5.69 Å². The molecule has 1 aromatic rings. The van der Waals surface area contributed by atoms with Gasteiger partial charge >= 0.3 is 5.97 Å². The Morgan fingerprint density at radius 3 is 3.33 bits per heavy atom. The molecule has 1 aliphatic rings. The molecule has 1 aromatic heterocycles. The minimum absolute atomic E-state index is 0.0609. The highest BCUT2D eigenvalue weighted by atomic mass is 16.5. The Labute approximate surface area is 103 Å². The van der Waals surface area contributed by atoms with Crippen molar-refractivity contribution in [1.82, 2.24) is 9.78 Å². The highest BCUT2D eigenvalue weighted by Crippen LogP contribution is 2.24. The second kappa shape index (κ2) is 5.42.